The van der Waals surface area contributed by atoms with Crippen LogP contribution in [0.4, 0.5) is 5.82 Å². The maximum atomic E-state index is 8.36. The number of rotatable bonds is 4. The normalized spacial score (nSPS) is 17.6. The van der Waals surface area contributed by atoms with E-state index in [9.17, 15) is 0 Å². The van der Waals surface area contributed by atoms with Crippen molar-refractivity contribution >= 4 is 12.0 Å². The smallest absolute Gasteiger partial charge is 0.201 e. The van der Waals surface area contributed by atoms with E-state index in [1.54, 1.807) is 0 Å². The molecule has 1 aliphatic heterocycles. The minimum absolute atomic E-state index is 0.400. The van der Waals surface area contributed by atoms with Crippen molar-refractivity contribution in [3.05, 3.63) is 5.69 Å². The number of nitrogens with one attached hydrogen (secondary N) is 1. The molecule has 1 fully saturated rings. The third-order valence-electron chi connectivity index (χ3n) is 2.36. The van der Waals surface area contributed by atoms with Gasteiger partial charge in [0.1, 0.15) is 0 Å². The van der Waals surface area contributed by atoms with Crippen LogP contribution in [0.2, 0.25) is 0 Å². The fourth-order valence-electron chi connectivity index (χ4n) is 1.58. The third kappa shape index (κ3) is 2.44. The SMILES string of the molecule is O/N=C\c1nonc1NCN1CCCC1. The van der Waals surface area contributed by atoms with Crippen LogP contribution in [0.25, 0.3) is 0 Å². The van der Waals surface area contributed by atoms with Gasteiger partial charge in [-0.3, -0.25) is 4.90 Å². The molecule has 7 heteroatoms. The lowest BCUT2D eigenvalue weighted by atomic mass is 10.4. The topological polar surface area (TPSA) is 86.8 Å². The van der Waals surface area contributed by atoms with E-state index in [0.29, 0.717) is 18.2 Å². The van der Waals surface area contributed by atoms with Gasteiger partial charge in [-0.2, -0.15) is 0 Å². The molecule has 2 rings (SSSR count). The van der Waals surface area contributed by atoms with E-state index < -0.39 is 0 Å². The Balaban J connectivity index is 1.89. The molecule has 1 saturated heterocycles. The number of hydrogen-bond donors (Lipinski definition) is 2. The first kappa shape index (κ1) is 9.91. The van der Waals surface area contributed by atoms with Crippen LogP contribution in [0, 0.1) is 0 Å². The highest BCUT2D eigenvalue weighted by Gasteiger charge is 2.13. The minimum Gasteiger partial charge on any atom is -0.411 e. The fourth-order valence-corrected chi connectivity index (χ4v) is 1.58. The zero-order valence-electron chi connectivity index (χ0n) is 8.26. The lowest BCUT2D eigenvalue weighted by Crippen LogP contribution is -2.26. The maximum Gasteiger partial charge on any atom is 0.201 e. The molecule has 0 amide bonds. The Kier molecular flexibility index (Phi) is 3.13. The summed E-state index contributed by atoms with van der Waals surface area (Å²) in [5.41, 5.74) is 0.400. The summed E-state index contributed by atoms with van der Waals surface area (Å²) in [6.07, 6.45) is 3.66. The van der Waals surface area contributed by atoms with Gasteiger partial charge >= 0.3 is 0 Å². The monoisotopic (exact) mass is 211 g/mol. The van der Waals surface area contributed by atoms with E-state index in [4.69, 9.17) is 5.21 Å². The van der Waals surface area contributed by atoms with Crippen LogP contribution in [0.15, 0.2) is 9.78 Å². The van der Waals surface area contributed by atoms with Gasteiger partial charge in [0.2, 0.25) is 5.82 Å². The molecule has 0 spiro atoms. The molecule has 0 aliphatic carbocycles. The molecule has 15 heavy (non-hydrogen) atoms. The average Bonchev–Trinajstić information content (AvgIpc) is 2.85. The van der Waals surface area contributed by atoms with Crippen LogP contribution in [0.5, 0.6) is 0 Å². The van der Waals surface area contributed by atoms with Crippen molar-refractivity contribution in [2.45, 2.75) is 12.8 Å². The number of anilines is 1. The van der Waals surface area contributed by atoms with Crippen molar-refractivity contribution in [2.24, 2.45) is 5.16 Å². The lowest BCUT2D eigenvalue weighted by Gasteiger charge is -2.14. The van der Waals surface area contributed by atoms with E-state index >= 15 is 0 Å². The predicted molar refractivity (Wildman–Crippen MR) is 53.0 cm³/mol. The zero-order chi connectivity index (χ0) is 10.5. The molecule has 2 heterocycles. The van der Waals surface area contributed by atoms with Gasteiger partial charge < -0.3 is 10.5 Å². The Bertz CT molecular complexity index is 332. The molecule has 1 aromatic heterocycles. The molecular weight excluding hydrogens is 198 g/mol. The Morgan fingerprint density at radius 3 is 3.00 bits per heavy atom. The second-order valence-electron chi connectivity index (χ2n) is 3.40. The van der Waals surface area contributed by atoms with E-state index in [1.165, 1.54) is 19.1 Å². The van der Waals surface area contributed by atoms with E-state index in [1.807, 2.05) is 0 Å². The Morgan fingerprint density at radius 1 is 1.47 bits per heavy atom. The van der Waals surface area contributed by atoms with E-state index in [2.05, 4.69) is 30.3 Å². The molecule has 0 radical (unpaired) electrons. The summed E-state index contributed by atoms with van der Waals surface area (Å²) in [5, 5.41) is 21.6. The quantitative estimate of drug-likeness (QED) is 0.424. The van der Waals surface area contributed by atoms with E-state index in [0.717, 1.165) is 13.1 Å². The Labute approximate surface area is 86.7 Å². The minimum atomic E-state index is 0.400. The Morgan fingerprint density at radius 2 is 2.27 bits per heavy atom. The molecular formula is C8H13N5O2. The van der Waals surface area contributed by atoms with Crippen molar-refractivity contribution in [3.8, 4) is 0 Å². The fraction of sp³-hybridized carbons (Fsp3) is 0.625. The van der Waals surface area contributed by atoms with Crippen molar-refractivity contribution in [1.82, 2.24) is 15.2 Å². The van der Waals surface area contributed by atoms with Crippen LogP contribution < -0.4 is 5.32 Å². The first-order chi connectivity index (χ1) is 7.40. The zero-order valence-corrected chi connectivity index (χ0v) is 8.26. The van der Waals surface area contributed by atoms with Crippen LogP contribution in [0.3, 0.4) is 0 Å². The molecule has 2 N–H and O–H groups in total. The molecule has 0 aromatic carbocycles. The van der Waals surface area contributed by atoms with Gasteiger partial charge in [0.15, 0.2) is 5.69 Å². The van der Waals surface area contributed by atoms with Crippen LogP contribution in [-0.4, -0.2) is 46.4 Å². The summed E-state index contributed by atoms with van der Waals surface area (Å²) in [4.78, 5) is 2.27. The van der Waals surface area contributed by atoms with Gasteiger partial charge in [0.05, 0.1) is 12.9 Å². The standard InChI is InChI=1S/C8H13N5O2/c14-10-5-7-8(12-15-11-7)9-6-13-3-1-2-4-13/h5,14H,1-4,6H2,(H,9,12)/b10-5-. The largest absolute Gasteiger partial charge is 0.411 e. The lowest BCUT2D eigenvalue weighted by molar-refractivity contribution is 0.304. The molecule has 82 valence electrons. The summed E-state index contributed by atoms with van der Waals surface area (Å²) < 4.78 is 4.53. The van der Waals surface area contributed by atoms with E-state index in [-0.39, 0.29) is 0 Å². The second-order valence-corrected chi connectivity index (χ2v) is 3.40. The van der Waals surface area contributed by atoms with Crippen molar-refractivity contribution in [2.75, 3.05) is 25.1 Å². The molecule has 1 aliphatic rings. The number of likely N-dealkylation sites (tertiary alicyclic amines) is 1. The Hall–Kier alpha value is -1.63. The number of hydrogen-bond acceptors (Lipinski definition) is 7. The number of oxime groups is 1. The molecule has 0 bridgehead atoms. The number of aromatic nitrogens is 2. The van der Waals surface area contributed by atoms with Gasteiger partial charge in [0, 0.05) is 0 Å². The van der Waals surface area contributed by atoms with Gasteiger partial charge in [0.25, 0.3) is 0 Å². The number of nitrogens with zero attached hydrogens (tertiary/aromatic N) is 4. The third-order valence-corrected chi connectivity index (χ3v) is 2.36. The molecule has 1 aromatic rings. The summed E-state index contributed by atoms with van der Waals surface area (Å²) in [6.45, 7) is 2.91. The second kappa shape index (κ2) is 4.74. The van der Waals surface area contributed by atoms with Crippen molar-refractivity contribution in [3.63, 3.8) is 0 Å². The van der Waals surface area contributed by atoms with Gasteiger partial charge in [-0.05, 0) is 36.2 Å². The summed E-state index contributed by atoms with van der Waals surface area (Å²) in [5.74, 6) is 0.500. The molecule has 0 saturated carbocycles. The van der Waals surface area contributed by atoms with Gasteiger partial charge in [-0.15, -0.1) is 0 Å². The highest BCUT2D eigenvalue weighted by atomic mass is 16.6. The molecule has 0 atom stereocenters. The van der Waals surface area contributed by atoms with Crippen LogP contribution >= 0.6 is 0 Å². The van der Waals surface area contributed by atoms with Crippen molar-refractivity contribution in [1.29, 1.82) is 0 Å². The summed E-state index contributed by atoms with van der Waals surface area (Å²) >= 11 is 0. The predicted octanol–water partition coefficient (Wildman–Crippen LogP) is 0.343. The summed E-state index contributed by atoms with van der Waals surface area (Å²) in [7, 11) is 0. The highest BCUT2D eigenvalue weighted by Crippen LogP contribution is 2.10. The average molecular weight is 211 g/mol. The maximum absolute atomic E-state index is 8.36. The highest BCUT2D eigenvalue weighted by molar-refractivity contribution is 5.82. The first-order valence-electron chi connectivity index (χ1n) is 4.86. The molecule has 0 unspecified atom stereocenters. The first-order valence-corrected chi connectivity index (χ1v) is 4.86. The summed E-state index contributed by atoms with van der Waals surface area (Å²) in [6, 6.07) is 0. The van der Waals surface area contributed by atoms with Crippen LogP contribution in [-0.2, 0) is 0 Å². The van der Waals surface area contributed by atoms with Gasteiger partial charge in [-0.1, -0.05) is 5.16 Å². The molecule has 7 nitrogen and oxygen atoms in total. The van der Waals surface area contributed by atoms with Crippen LogP contribution in [0.1, 0.15) is 18.5 Å². The van der Waals surface area contributed by atoms with Crippen molar-refractivity contribution < 1.29 is 9.84 Å². The van der Waals surface area contributed by atoms with Gasteiger partial charge in [-0.25, -0.2) is 4.63 Å².